The van der Waals surface area contributed by atoms with Crippen LogP contribution in [0.4, 0.5) is 0 Å². The number of hydrogen-bond acceptors (Lipinski definition) is 6. The van der Waals surface area contributed by atoms with E-state index in [-0.39, 0.29) is 31.5 Å². The fourth-order valence-corrected chi connectivity index (χ4v) is 10.9. The zero-order chi connectivity index (χ0) is 60.7. The molecule has 0 aliphatic heterocycles. The maximum absolute atomic E-state index is 13.6. The Morgan fingerprint density at radius 1 is 0.422 bits per heavy atom. The Morgan fingerprint density at radius 2 is 0.735 bits per heavy atom. The van der Waals surface area contributed by atoms with Crippen LogP contribution in [0.2, 0.25) is 0 Å². The summed E-state index contributed by atoms with van der Waals surface area (Å²) < 4.78 is 30.8. The number of nitrogens with zero attached hydrogens (tertiary/aromatic N) is 1. The lowest BCUT2D eigenvalue weighted by Crippen LogP contribution is -2.47. The largest absolute Gasteiger partial charge is 0.472 e. The van der Waals surface area contributed by atoms with Gasteiger partial charge in [-0.15, -0.1) is 0 Å². The minimum absolute atomic E-state index is 0.0380. The van der Waals surface area contributed by atoms with Gasteiger partial charge in [-0.05, 0) is 102 Å². The number of rotatable bonds is 64. The highest BCUT2D eigenvalue weighted by atomic mass is 31.2. The fraction of sp³-hybridized carbons (Fsp3) is 0.808. The van der Waals surface area contributed by atoms with Gasteiger partial charge in [-0.1, -0.05) is 287 Å². The van der Waals surface area contributed by atoms with Gasteiger partial charge in [0.05, 0.1) is 33.8 Å². The summed E-state index contributed by atoms with van der Waals surface area (Å²) in [6, 6.07) is -0.854. The number of allylic oxidation sites excluding steroid dienone is 11. The Morgan fingerprint density at radius 3 is 1.12 bits per heavy atom. The summed E-state index contributed by atoms with van der Waals surface area (Å²) in [5.74, 6) is -0.502. The Hall–Kier alpha value is -2.55. The Bertz CT molecular complexity index is 1650. The summed E-state index contributed by atoms with van der Waals surface area (Å²) in [5, 5.41) is 3.07. The first-order valence-electron chi connectivity index (χ1n) is 35.3. The van der Waals surface area contributed by atoms with Gasteiger partial charge in [0.25, 0.3) is 0 Å². The van der Waals surface area contributed by atoms with E-state index in [1.807, 2.05) is 33.3 Å². The molecule has 0 aliphatic carbocycles. The third-order valence-corrected chi connectivity index (χ3v) is 16.6. The van der Waals surface area contributed by atoms with E-state index < -0.39 is 20.0 Å². The van der Waals surface area contributed by atoms with Crippen LogP contribution in [0.1, 0.15) is 329 Å². The molecule has 3 atom stereocenters. The lowest BCUT2D eigenvalue weighted by molar-refractivity contribution is -0.870. The number of unbranched alkanes of at least 4 members (excludes halogenated alkanes) is 38. The first-order chi connectivity index (χ1) is 40.4. The molecular formula is C73H136N2O7P+. The van der Waals surface area contributed by atoms with E-state index in [9.17, 15) is 19.0 Å². The summed E-state index contributed by atoms with van der Waals surface area (Å²) in [5.41, 5.74) is 0. The number of hydrogen-bond donors (Lipinski definition) is 2. The molecule has 0 aromatic rings. The van der Waals surface area contributed by atoms with E-state index in [0.717, 1.165) is 77.0 Å². The van der Waals surface area contributed by atoms with Crippen molar-refractivity contribution in [1.82, 2.24) is 5.32 Å². The van der Waals surface area contributed by atoms with Crippen molar-refractivity contribution >= 4 is 19.7 Å². The predicted octanol–water partition coefficient (Wildman–Crippen LogP) is 22.3. The second-order valence-corrected chi connectivity index (χ2v) is 26.5. The number of esters is 1. The van der Waals surface area contributed by atoms with E-state index in [0.29, 0.717) is 17.4 Å². The molecule has 0 fully saturated rings. The van der Waals surface area contributed by atoms with Crippen LogP contribution in [-0.4, -0.2) is 74.3 Å². The lowest BCUT2D eigenvalue weighted by Gasteiger charge is -2.27. The molecule has 0 heterocycles. The van der Waals surface area contributed by atoms with Gasteiger partial charge in [-0.2, -0.15) is 0 Å². The number of carbonyl (C=O) groups excluding carboxylic acids is 2. The van der Waals surface area contributed by atoms with Crippen LogP contribution in [-0.2, 0) is 27.9 Å². The van der Waals surface area contributed by atoms with Crippen molar-refractivity contribution in [2.45, 2.75) is 341 Å². The Kier molecular flexibility index (Phi) is 60.6. The van der Waals surface area contributed by atoms with Crippen molar-refractivity contribution in [2.24, 2.45) is 0 Å². The molecule has 0 aliphatic rings. The SMILES string of the molecule is CCCCC/C=C\C/C=C\C/C=C\CCCCCCCCCCCCC(=O)OC(/C=C/CCCCCCCCCCCCC)C(COP(=O)(O)OCC[N+](C)(C)C)NC(=O)CCCCCCCCCCCCC/C=C\C/C=C\CCCCC. The molecule has 0 aromatic carbocycles. The standard InChI is InChI=1S/C73H135N2O7P/c1-7-10-13-16-19-22-25-28-30-32-34-36-37-39-41-43-45-48-51-54-57-60-63-66-73(77)82-71(64-61-58-55-52-49-46-27-24-21-18-15-12-9-3)70(69-81-83(78,79)80-68-67-75(4,5)6)74-72(76)65-62-59-56-53-50-47-44-42-40-38-35-33-31-29-26-23-20-17-14-11-8-2/h19-20,22-23,28-31,34,36,61,64,70-71H,7-18,21,24-27,32-33,35,37-60,62-63,65-69H2,1-6H3,(H-,74,76,78,79)/p+1/b22-19-,23-20-,30-28-,31-29-,36-34-,64-61+. The molecular weight excluding hydrogens is 1050 g/mol. The molecule has 2 N–H and O–H groups in total. The van der Waals surface area contributed by atoms with E-state index in [1.54, 1.807) is 0 Å². The normalized spacial score (nSPS) is 14.0. The van der Waals surface area contributed by atoms with Crippen LogP contribution in [0.15, 0.2) is 72.9 Å². The highest BCUT2D eigenvalue weighted by Crippen LogP contribution is 2.43. The van der Waals surface area contributed by atoms with Crippen molar-refractivity contribution in [3.8, 4) is 0 Å². The number of amides is 1. The number of carbonyl (C=O) groups is 2. The Balaban J connectivity index is 5.14. The molecule has 0 saturated heterocycles. The van der Waals surface area contributed by atoms with E-state index >= 15 is 0 Å². The zero-order valence-electron chi connectivity index (χ0n) is 55.4. The van der Waals surface area contributed by atoms with Gasteiger partial charge in [0.2, 0.25) is 5.91 Å². The number of ether oxygens (including phenoxy) is 1. The van der Waals surface area contributed by atoms with Gasteiger partial charge in [-0.25, -0.2) is 4.57 Å². The second kappa shape index (κ2) is 62.5. The molecule has 0 saturated carbocycles. The molecule has 3 unspecified atom stereocenters. The molecule has 0 spiro atoms. The highest BCUT2D eigenvalue weighted by Gasteiger charge is 2.30. The van der Waals surface area contributed by atoms with Gasteiger partial charge >= 0.3 is 13.8 Å². The van der Waals surface area contributed by atoms with Crippen LogP contribution in [0.5, 0.6) is 0 Å². The molecule has 0 rings (SSSR count). The zero-order valence-corrected chi connectivity index (χ0v) is 56.3. The summed E-state index contributed by atoms with van der Waals surface area (Å²) in [6.07, 6.45) is 81.8. The third kappa shape index (κ3) is 63.8. The van der Waals surface area contributed by atoms with Crippen LogP contribution < -0.4 is 5.32 Å². The third-order valence-electron chi connectivity index (χ3n) is 15.6. The van der Waals surface area contributed by atoms with Crippen LogP contribution in [0.3, 0.4) is 0 Å². The van der Waals surface area contributed by atoms with Crippen LogP contribution in [0.25, 0.3) is 0 Å². The highest BCUT2D eigenvalue weighted by molar-refractivity contribution is 7.47. The topological polar surface area (TPSA) is 111 Å². The summed E-state index contributed by atoms with van der Waals surface area (Å²) in [7, 11) is 1.50. The van der Waals surface area contributed by atoms with Crippen molar-refractivity contribution in [3.05, 3.63) is 72.9 Å². The quantitative estimate of drug-likeness (QED) is 0.0205. The second-order valence-electron chi connectivity index (χ2n) is 25.0. The fourth-order valence-electron chi connectivity index (χ4n) is 10.2. The van der Waals surface area contributed by atoms with Gasteiger partial charge in [0, 0.05) is 12.8 Å². The smallest absolute Gasteiger partial charge is 0.456 e. The van der Waals surface area contributed by atoms with Gasteiger partial charge in [-0.3, -0.25) is 18.6 Å². The summed E-state index contributed by atoms with van der Waals surface area (Å²) in [6.45, 7) is 6.99. The average molecular weight is 1180 g/mol. The predicted molar refractivity (Wildman–Crippen MR) is 360 cm³/mol. The molecule has 1 amide bonds. The van der Waals surface area contributed by atoms with E-state index in [4.69, 9.17) is 13.8 Å². The maximum atomic E-state index is 13.6. The van der Waals surface area contributed by atoms with E-state index in [1.165, 1.54) is 218 Å². The molecule has 0 bridgehead atoms. The van der Waals surface area contributed by atoms with Crippen molar-refractivity contribution in [2.75, 3.05) is 40.9 Å². The van der Waals surface area contributed by atoms with Gasteiger partial charge in [0.15, 0.2) is 0 Å². The number of nitrogens with one attached hydrogen (secondary N) is 1. The van der Waals surface area contributed by atoms with Gasteiger partial charge < -0.3 is 19.4 Å². The van der Waals surface area contributed by atoms with Gasteiger partial charge in [0.1, 0.15) is 19.3 Å². The maximum Gasteiger partial charge on any atom is 0.472 e. The lowest BCUT2D eigenvalue weighted by atomic mass is 10.0. The molecule has 0 radical (unpaired) electrons. The first kappa shape index (κ1) is 80.5. The van der Waals surface area contributed by atoms with Crippen LogP contribution >= 0.6 is 7.82 Å². The molecule has 0 aromatic heterocycles. The van der Waals surface area contributed by atoms with Crippen molar-refractivity contribution in [1.29, 1.82) is 0 Å². The number of quaternary nitrogens is 1. The molecule has 484 valence electrons. The summed E-state index contributed by atoms with van der Waals surface area (Å²) in [4.78, 5) is 37.9. The van der Waals surface area contributed by atoms with Crippen molar-refractivity contribution in [3.63, 3.8) is 0 Å². The average Bonchev–Trinajstić information content (AvgIpc) is 3.47. The van der Waals surface area contributed by atoms with Crippen molar-refractivity contribution < 1.29 is 37.3 Å². The molecule has 83 heavy (non-hydrogen) atoms. The monoisotopic (exact) mass is 1180 g/mol. The molecule has 10 heteroatoms. The molecule has 9 nitrogen and oxygen atoms in total. The minimum atomic E-state index is -4.46. The summed E-state index contributed by atoms with van der Waals surface area (Å²) >= 11 is 0. The first-order valence-corrected chi connectivity index (χ1v) is 36.8. The Labute approximate surface area is 514 Å². The van der Waals surface area contributed by atoms with E-state index in [2.05, 4.69) is 86.8 Å². The number of phosphoric acid groups is 1. The minimum Gasteiger partial charge on any atom is -0.456 e. The number of likely N-dealkylation sites (N-methyl/N-ethyl adjacent to an activating group) is 1. The van der Waals surface area contributed by atoms with Crippen LogP contribution in [0, 0.1) is 0 Å². The number of phosphoric ester groups is 1.